The van der Waals surface area contributed by atoms with Gasteiger partial charge in [-0.1, -0.05) is 12.1 Å². The van der Waals surface area contributed by atoms with Gasteiger partial charge in [-0.25, -0.2) is 4.98 Å². The fourth-order valence-electron chi connectivity index (χ4n) is 3.92. The van der Waals surface area contributed by atoms with Gasteiger partial charge in [0, 0.05) is 18.3 Å². The molecule has 3 heterocycles. The maximum atomic E-state index is 9.10. The molecular weight excluding hydrogens is 348 g/mol. The zero-order valence-electron chi connectivity index (χ0n) is 15.9. The normalized spacial score (nSPS) is 19.0. The van der Waals surface area contributed by atoms with Gasteiger partial charge in [-0.3, -0.25) is 0 Å². The molecule has 0 spiro atoms. The molecule has 0 bridgehead atoms. The molecule has 0 radical (unpaired) electrons. The summed E-state index contributed by atoms with van der Waals surface area (Å²) in [5.74, 6) is 2.04. The minimum absolute atomic E-state index is 0.662. The molecule has 5 nitrogen and oxygen atoms in total. The quantitative estimate of drug-likeness (QED) is 0.711. The number of hydrogen-bond donors (Lipinski definition) is 1. The average Bonchev–Trinajstić information content (AvgIpc) is 3.27. The predicted octanol–water partition coefficient (Wildman–Crippen LogP) is 3.97. The number of hydrogen-bond acceptors (Lipinski definition) is 4. The minimum Gasteiger partial charge on any atom is -0.477 e. The summed E-state index contributed by atoms with van der Waals surface area (Å²) in [6.07, 6.45) is 5.86. The van der Waals surface area contributed by atoms with E-state index >= 15 is 0 Å². The van der Waals surface area contributed by atoms with Crippen LogP contribution >= 0.6 is 0 Å². The number of ether oxygens (including phenoxy) is 1. The Morgan fingerprint density at radius 2 is 2.00 bits per heavy atom. The first-order chi connectivity index (χ1) is 13.8. The van der Waals surface area contributed by atoms with Gasteiger partial charge < -0.3 is 14.6 Å². The first kappa shape index (κ1) is 17.3. The lowest BCUT2D eigenvalue weighted by Gasteiger charge is -2.14. The number of nitrogens with one attached hydrogen (secondary N) is 1. The van der Waals surface area contributed by atoms with Crippen LogP contribution < -0.4 is 10.1 Å². The predicted molar refractivity (Wildman–Crippen MR) is 109 cm³/mol. The number of benzene rings is 1. The Labute approximate surface area is 165 Å². The van der Waals surface area contributed by atoms with Crippen LogP contribution in [0, 0.1) is 23.2 Å². The van der Waals surface area contributed by atoms with Gasteiger partial charge in [0.1, 0.15) is 0 Å². The van der Waals surface area contributed by atoms with Gasteiger partial charge in [-0.05, 0) is 74.0 Å². The summed E-state index contributed by atoms with van der Waals surface area (Å²) >= 11 is 0. The third-order valence-corrected chi connectivity index (χ3v) is 5.81. The molecule has 1 aliphatic heterocycles. The lowest BCUT2D eigenvalue weighted by atomic mass is 10.0. The molecular formula is C23H24N4O. The molecule has 3 aromatic rings. The fraction of sp³-hybridized carbons (Fsp3) is 0.391. The highest BCUT2D eigenvalue weighted by atomic mass is 16.5. The summed E-state index contributed by atoms with van der Waals surface area (Å²) in [6, 6.07) is 14.2. The van der Waals surface area contributed by atoms with E-state index in [-0.39, 0.29) is 0 Å². The molecule has 1 atom stereocenters. The molecule has 142 valence electrons. The number of rotatable bonds is 6. The molecule has 0 unspecified atom stereocenters. The van der Waals surface area contributed by atoms with E-state index in [1.165, 1.54) is 19.3 Å². The SMILES string of the molecule is N#Cc1ccc(-c2cc3c(ccn3C[C@H]3CCNC3)nc2OCC2CC2)cc1. The van der Waals surface area contributed by atoms with Gasteiger partial charge in [-0.2, -0.15) is 5.26 Å². The first-order valence-corrected chi connectivity index (χ1v) is 10.1. The summed E-state index contributed by atoms with van der Waals surface area (Å²) in [6.45, 7) is 3.93. The molecule has 1 N–H and O–H groups in total. The van der Waals surface area contributed by atoms with Gasteiger partial charge in [-0.15, -0.1) is 0 Å². The zero-order valence-corrected chi connectivity index (χ0v) is 15.9. The average molecular weight is 372 g/mol. The number of pyridine rings is 1. The van der Waals surface area contributed by atoms with Gasteiger partial charge in [0.2, 0.25) is 5.88 Å². The van der Waals surface area contributed by atoms with Crippen molar-refractivity contribution >= 4 is 11.0 Å². The summed E-state index contributed by atoms with van der Waals surface area (Å²) in [5.41, 5.74) is 4.83. The van der Waals surface area contributed by atoms with Crippen LogP contribution in [0.1, 0.15) is 24.8 Å². The molecule has 1 aromatic carbocycles. The summed E-state index contributed by atoms with van der Waals surface area (Å²) in [7, 11) is 0. The molecule has 0 amide bonds. The third kappa shape index (κ3) is 3.48. The smallest absolute Gasteiger partial charge is 0.222 e. The first-order valence-electron chi connectivity index (χ1n) is 10.1. The highest BCUT2D eigenvalue weighted by molar-refractivity contribution is 5.84. The van der Waals surface area contributed by atoms with E-state index < -0.39 is 0 Å². The van der Waals surface area contributed by atoms with E-state index in [1.54, 1.807) is 0 Å². The van der Waals surface area contributed by atoms with Crippen LogP contribution in [0.5, 0.6) is 5.88 Å². The molecule has 2 fully saturated rings. The van der Waals surface area contributed by atoms with Crippen molar-refractivity contribution in [3.63, 3.8) is 0 Å². The second-order valence-electron chi connectivity index (χ2n) is 8.02. The molecule has 1 saturated heterocycles. The molecule has 5 rings (SSSR count). The summed E-state index contributed by atoms with van der Waals surface area (Å²) in [5, 5.41) is 12.5. The Kier molecular flexibility index (Phi) is 4.50. The highest BCUT2D eigenvalue weighted by Gasteiger charge is 2.23. The van der Waals surface area contributed by atoms with Crippen molar-refractivity contribution in [2.75, 3.05) is 19.7 Å². The summed E-state index contributed by atoms with van der Waals surface area (Å²) < 4.78 is 8.44. The zero-order chi connectivity index (χ0) is 18.9. The standard InChI is InChI=1S/C23H24N4O/c24-12-16-3-5-19(6-4-16)20-11-22-21(26-23(20)28-15-17-1-2-17)8-10-27(22)14-18-7-9-25-13-18/h3-6,8,10-11,17-18,25H,1-2,7,9,13-15H2/t18-/m0/s1. The Morgan fingerprint density at radius 1 is 1.14 bits per heavy atom. The van der Waals surface area contributed by atoms with Gasteiger partial charge >= 0.3 is 0 Å². The van der Waals surface area contributed by atoms with Crippen molar-refractivity contribution in [1.29, 1.82) is 5.26 Å². The number of nitriles is 1. The van der Waals surface area contributed by atoms with Crippen molar-refractivity contribution < 1.29 is 4.74 Å². The number of nitrogens with zero attached hydrogens (tertiary/aromatic N) is 3. The van der Waals surface area contributed by atoms with Crippen molar-refractivity contribution in [3.8, 4) is 23.1 Å². The number of aromatic nitrogens is 2. The Balaban J connectivity index is 1.54. The fourth-order valence-corrected chi connectivity index (χ4v) is 3.92. The van der Waals surface area contributed by atoms with E-state index in [4.69, 9.17) is 15.0 Å². The van der Waals surface area contributed by atoms with Crippen molar-refractivity contribution in [1.82, 2.24) is 14.9 Å². The van der Waals surface area contributed by atoms with Crippen LogP contribution in [0.4, 0.5) is 0 Å². The van der Waals surface area contributed by atoms with Crippen molar-refractivity contribution in [3.05, 3.63) is 48.2 Å². The second kappa shape index (κ2) is 7.29. The third-order valence-electron chi connectivity index (χ3n) is 5.81. The molecule has 1 saturated carbocycles. The van der Waals surface area contributed by atoms with Gasteiger partial charge in [0.15, 0.2) is 0 Å². The summed E-state index contributed by atoms with van der Waals surface area (Å²) in [4.78, 5) is 4.87. The van der Waals surface area contributed by atoms with Crippen LogP contribution in [0.15, 0.2) is 42.6 Å². The molecule has 2 aliphatic rings. The van der Waals surface area contributed by atoms with Crippen LogP contribution in [-0.4, -0.2) is 29.2 Å². The van der Waals surface area contributed by atoms with E-state index in [9.17, 15) is 0 Å². The van der Waals surface area contributed by atoms with E-state index in [0.29, 0.717) is 23.3 Å². The number of fused-ring (bicyclic) bond motifs is 1. The van der Waals surface area contributed by atoms with Crippen molar-refractivity contribution in [2.24, 2.45) is 11.8 Å². The molecule has 2 aromatic heterocycles. The highest BCUT2D eigenvalue weighted by Crippen LogP contribution is 2.35. The van der Waals surface area contributed by atoms with E-state index in [2.05, 4.69) is 34.3 Å². The minimum atomic E-state index is 0.662. The van der Waals surface area contributed by atoms with E-state index in [1.807, 2.05) is 24.3 Å². The molecule has 5 heteroatoms. The van der Waals surface area contributed by atoms with Gasteiger partial charge in [0.25, 0.3) is 0 Å². The maximum absolute atomic E-state index is 9.10. The maximum Gasteiger partial charge on any atom is 0.222 e. The van der Waals surface area contributed by atoms with Crippen LogP contribution in [-0.2, 0) is 6.54 Å². The second-order valence-corrected chi connectivity index (χ2v) is 8.02. The van der Waals surface area contributed by atoms with Gasteiger partial charge in [0.05, 0.1) is 29.3 Å². The monoisotopic (exact) mass is 372 g/mol. The Bertz CT molecular complexity index is 1020. The largest absolute Gasteiger partial charge is 0.477 e. The van der Waals surface area contributed by atoms with Crippen LogP contribution in [0.25, 0.3) is 22.2 Å². The Morgan fingerprint density at radius 3 is 2.71 bits per heavy atom. The molecule has 1 aliphatic carbocycles. The van der Waals surface area contributed by atoms with Crippen LogP contribution in [0.3, 0.4) is 0 Å². The lowest BCUT2D eigenvalue weighted by Crippen LogP contribution is -2.14. The lowest BCUT2D eigenvalue weighted by molar-refractivity contribution is 0.291. The van der Waals surface area contributed by atoms with Crippen LogP contribution in [0.2, 0.25) is 0 Å². The topological polar surface area (TPSA) is 62.9 Å². The van der Waals surface area contributed by atoms with E-state index in [0.717, 1.165) is 48.4 Å². The van der Waals surface area contributed by atoms with Crippen molar-refractivity contribution in [2.45, 2.75) is 25.8 Å². The molecule has 28 heavy (non-hydrogen) atoms. The Hall–Kier alpha value is -2.84.